The van der Waals surface area contributed by atoms with Crippen molar-refractivity contribution in [1.29, 1.82) is 0 Å². The number of nitrogens with one attached hydrogen (secondary N) is 1. The minimum Gasteiger partial charge on any atom is -0.467 e. The molecule has 3 heteroatoms. The van der Waals surface area contributed by atoms with Gasteiger partial charge in [-0.2, -0.15) is 0 Å². The Balaban J connectivity index is 1.78. The van der Waals surface area contributed by atoms with Crippen molar-refractivity contribution in [3.05, 3.63) is 24.2 Å². The van der Waals surface area contributed by atoms with Gasteiger partial charge in [0.2, 0.25) is 0 Å². The summed E-state index contributed by atoms with van der Waals surface area (Å²) in [6, 6.07) is 3.83. The SMILES string of the molecule is CCCNCCCCCOCc1ccco1. The Kier molecular flexibility index (Phi) is 7.82. The molecule has 1 N–H and O–H groups in total. The summed E-state index contributed by atoms with van der Waals surface area (Å²) in [5.41, 5.74) is 0. The van der Waals surface area contributed by atoms with Gasteiger partial charge in [-0.1, -0.05) is 6.92 Å². The second-order valence-electron chi connectivity index (χ2n) is 3.94. The molecule has 0 aliphatic rings. The predicted octanol–water partition coefficient (Wildman–Crippen LogP) is 2.97. The van der Waals surface area contributed by atoms with Crippen molar-refractivity contribution in [1.82, 2.24) is 5.32 Å². The molecule has 0 fully saturated rings. The summed E-state index contributed by atoms with van der Waals surface area (Å²) in [6.07, 6.45) is 6.50. The lowest BCUT2D eigenvalue weighted by Gasteiger charge is -2.03. The molecule has 0 aliphatic heterocycles. The number of ether oxygens (including phenoxy) is 1. The van der Waals surface area contributed by atoms with Gasteiger partial charge in [0.15, 0.2) is 0 Å². The fourth-order valence-electron chi connectivity index (χ4n) is 1.50. The van der Waals surface area contributed by atoms with E-state index in [1.54, 1.807) is 6.26 Å². The molecule has 92 valence electrons. The number of hydrogen-bond donors (Lipinski definition) is 1. The second kappa shape index (κ2) is 9.43. The molecule has 0 amide bonds. The molecule has 0 spiro atoms. The van der Waals surface area contributed by atoms with E-state index in [2.05, 4.69) is 12.2 Å². The van der Waals surface area contributed by atoms with Gasteiger partial charge in [0.05, 0.1) is 6.26 Å². The highest BCUT2D eigenvalue weighted by Gasteiger charge is 1.95. The summed E-state index contributed by atoms with van der Waals surface area (Å²) in [5, 5.41) is 3.39. The van der Waals surface area contributed by atoms with Gasteiger partial charge in [0, 0.05) is 6.61 Å². The lowest BCUT2D eigenvalue weighted by molar-refractivity contribution is 0.102. The topological polar surface area (TPSA) is 34.4 Å². The summed E-state index contributed by atoms with van der Waals surface area (Å²) in [6.45, 7) is 5.88. The van der Waals surface area contributed by atoms with Gasteiger partial charge in [0.25, 0.3) is 0 Å². The Bertz CT molecular complexity index is 234. The molecule has 0 radical (unpaired) electrons. The third-order valence-corrected chi connectivity index (χ3v) is 2.39. The molecular weight excluding hydrogens is 202 g/mol. The molecule has 1 aromatic heterocycles. The minimum absolute atomic E-state index is 0.598. The van der Waals surface area contributed by atoms with Gasteiger partial charge in [-0.25, -0.2) is 0 Å². The molecule has 0 aliphatic carbocycles. The quantitative estimate of drug-likeness (QED) is 0.622. The van der Waals surface area contributed by atoms with Crippen molar-refractivity contribution in [2.45, 2.75) is 39.2 Å². The highest BCUT2D eigenvalue weighted by molar-refractivity contribution is 4.95. The molecule has 0 aromatic carbocycles. The van der Waals surface area contributed by atoms with Crippen LogP contribution in [-0.2, 0) is 11.3 Å². The van der Waals surface area contributed by atoms with E-state index in [4.69, 9.17) is 9.15 Å². The molecule has 16 heavy (non-hydrogen) atoms. The summed E-state index contributed by atoms with van der Waals surface area (Å²) in [4.78, 5) is 0. The highest BCUT2D eigenvalue weighted by Crippen LogP contribution is 2.03. The van der Waals surface area contributed by atoms with E-state index in [1.807, 2.05) is 12.1 Å². The Morgan fingerprint density at radius 1 is 1.25 bits per heavy atom. The van der Waals surface area contributed by atoms with Crippen molar-refractivity contribution >= 4 is 0 Å². The monoisotopic (exact) mass is 225 g/mol. The van der Waals surface area contributed by atoms with Gasteiger partial charge >= 0.3 is 0 Å². The molecular formula is C13H23NO2. The standard InChI is InChI=1S/C13H23NO2/c1-2-8-14-9-4-3-5-10-15-12-13-7-6-11-16-13/h6-7,11,14H,2-5,8-10,12H2,1H3. The normalized spacial score (nSPS) is 10.8. The second-order valence-corrected chi connectivity index (χ2v) is 3.94. The van der Waals surface area contributed by atoms with Gasteiger partial charge < -0.3 is 14.5 Å². The maximum Gasteiger partial charge on any atom is 0.129 e. The van der Waals surface area contributed by atoms with Crippen molar-refractivity contribution in [2.75, 3.05) is 19.7 Å². The molecule has 0 atom stereocenters. The summed E-state index contributed by atoms with van der Waals surface area (Å²) < 4.78 is 10.7. The Hall–Kier alpha value is -0.800. The van der Waals surface area contributed by atoms with E-state index in [9.17, 15) is 0 Å². The first kappa shape index (κ1) is 13.3. The lowest BCUT2D eigenvalue weighted by atomic mass is 10.2. The van der Waals surface area contributed by atoms with E-state index in [0.29, 0.717) is 6.61 Å². The molecule has 0 saturated heterocycles. The highest BCUT2D eigenvalue weighted by atomic mass is 16.5. The molecule has 0 bridgehead atoms. The number of furan rings is 1. The van der Waals surface area contributed by atoms with E-state index in [1.165, 1.54) is 19.3 Å². The van der Waals surface area contributed by atoms with Crippen LogP contribution in [0.15, 0.2) is 22.8 Å². The van der Waals surface area contributed by atoms with Crippen LogP contribution in [0.3, 0.4) is 0 Å². The molecule has 1 rings (SSSR count). The molecule has 1 heterocycles. The predicted molar refractivity (Wildman–Crippen MR) is 65.4 cm³/mol. The van der Waals surface area contributed by atoms with Gasteiger partial charge in [0.1, 0.15) is 12.4 Å². The van der Waals surface area contributed by atoms with Crippen molar-refractivity contribution in [3.8, 4) is 0 Å². The summed E-state index contributed by atoms with van der Waals surface area (Å²) in [5.74, 6) is 0.907. The zero-order valence-electron chi connectivity index (χ0n) is 10.2. The lowest BCUT2D eigenvalue weighted by Crippen LogP contribution is -2.15. The molecule has 0 unspecified atom stereocenters. The van der Waals surface area contributed by atoms with Gasteiger partial charge in [-0.15, -0.1) is 0 Å². The smallest absolute Gasteiger partial charge is 0.129 e. The summed E-state index contributed by atoms with van der Waals surface area (Å²) in [7, 11) is 0. The maximum atomic E-state index is 5.49. The average Bonchev–Trinajstić information content (AvgIpc) is 2.80. The van der Waals surface area contributed by atoms with Crippen LogP contribution in [0.25, 0.3) is 0 Å². The van der Waals surface area contributed by atoms with E-state index >= 15 is 0 Å². The van der Waals surface area contributed by atoms with Crippen LogP contribution < -0.4 is 5.32 Å². The van der Waals surface area contributed by atoms with E-state index in [0.717, 1.165) is 31.9 Å². The van der Waals surface area contributed by atoms with Crippen LogP contribution in [0.5, 0.6) is 0 Å². The van der Waals surface area contributed by atoms with Gasteiger partial charge in [-0.05, 0) is 50.9 Å². The summed E-state index contributed by atoms with van der Waals surface area (Å²) >= 11 is 0. The van der Waals surface area contributed by atoms with Crippen LogP contribution in [0.4, 0.5) is 0 Å². The first-order valence-corrected chi connectivity index (χ1v) is 6.24. The van der Waals surface area contributed by atoms with Crippen LogP contribution in [0.1, 0.15) is 38.4 Å². The fraction of sp³-hybridized carbons (Fsp3) is 0.692. The largest absolute Gasteiger partial charge is 0.467 e. The third kappa shape index (κ3) is 6.64. The minimum atomic E-state index is 0.598. The average molecular weight is 225 g/mol. The van der Waals surface area contributed by atoms with Crippen LogP contribution in [0, 0.1) is 0 Å². The van der Waals surface area contributed by atoms with Crippen LogP contribution >= 0.6 is 0 Å². The third-order valence-electron chi connectivity index (χ3n) is 2.39. The Morgan fingerprint density at radius 2 is 2.19 bits per heavy atom. The molecule has 1 aromatic rings. The van der Waals surface area contributed by atoms with Crippen molar-refractivity contribution < 1.29 is 9.15 Å². The van der Waals surface area contributed by atoms with Crippen molar-refractivity contribution in [3.63, 3.8) is 0 Å². The zero-order chi connectivity index (χ0) is 11.5. The first-order chi connectivity index (χ1) is 7.93. The molecule has 0 saturated carbocycles. The Morgan fingerprint density at radius 3 is 2.94 bits per heavy atom. The maximum absolute atomic E-state index is 5.49. The van der Waals surface area contributed by atoms with E-state index < -0.39 is 0 Å². The van der Waals surface area contributed by atoms with Crippen molar-refractivity contribution in [2.24, 2.45) is 0 Å². The molecule has 3 nitrogen and oxygen atoms in total. The number of rotatable bonds is 10. The number of hydrogen-bond acceptors (Lipinski definition) is 3. The number of unbranched alkanes of at least 4 members (excludes halogenated alkanes) is 2. The van der Waals surface area contributed by atoms with Gasteiger partial charge in [-0.3, -0.25) is 0 Å². The Labute approximate surface area is 98.2 Å². The fourth-order valence-corrected chi connectivity index (χ4v) is 1.50. The first-order valence-electron chi connectivity index (χ1n) is 6.24. The van der Waals surface area contributed by atoms with Crippen LogP contribution in [0.2, 0.25) is 0 Å². The zero-order valence-corrected chi connectivity index (χ0v) is 10.2. The van der Waals surface area contributed by atoms with E-state index in [-0.39, 0.29) is 0 Å². The van der Waals surface area contributed by atoms with Crippen LogP contribution in [-0.4, -0.2) is 19.7 Å².